The molecule has 6 heavy (non-hydrogen) atoms. The predicted molar refractivity (Wildman–Crippen MR) is 25.6 cm³/mol. The molecule has 0 amide bonds. The maximum atomic E-state index is 9.82. The molecule has 2 heteroatoms. The minimum atomic E-state index is 0.463. The summed E-state index contributed by atoms with van der Waals surface area (Å²) >= 11 is 0.749. The van der Waals surface area contributed by atoms with Gasteiger partial charge in [0.05, 0.1) is 0 Å². The SMILES string of the molecule is CC1CC1[S+]=O. The lowest BCUT2D eigenvalue weighted by atomic mass is 10.5. The topological polar surface area (TPSA) is 17.1 Å². The standard InChI is InChI=1S/C4H7OS/c1-3-2-4(3)6-5/h3-4H,2H2,1H3/q+1. The van der Waals surface area contributed by atoms with Crippen LogP contribution in [0.15, 0.2) is 0 Å². The Bertz CT molecular complexity index is 71.9. The quantitative estimate of drug-likeness (QED) is 0.449. The minimum Gasteiger partial charge on any atom is -0.0567 e. The van der Waals surface area contributed by atoms with Crippen LogP contribution in [0.3, 0.4) is 0 Å². The Kier molecular flexibility index (Phi) is 0.880. The van der Waals surface area contributed by atoms with Crippen molar-refractivity contribution in [2.75, 3.05) is 0 Å². The Labute approximate surface area is 41.2 Å². The van der Waals surface area contributed by atoms with Crippen LogP contribution in [0.25, 0.3) is 0 Å². The lowest BCUT2D eigenvalue weighted by Crippen LogP contribution is -1.75. The highest BCUT2D eigenvalue weighted by atomic mass is 32.1. The smallest absolute Gasteiger partial charge is 0.0567 e. The zero-order valence-electron chi connectivity index (χ0n) is 3.68. The first kappa shape index (κ1) is 4.19. The van der Waals surface area contributed by atoms with Crippen molar-refractivity contribution in [3.8, 4) is 0 Å². The van der Waals surface area contributed by atoms with Crippen molar-refractivity contribution in [3.05, 3.63) is 0 Å². The predicted octanol–water partition coefficient (Wildman–Crippen LogP) is 0.823. The van der Waals surface area contributed by atoms with Gasteiger partial charge in [0.2, 0.25) is 5.25 Å². The second-order valence-corrected chi connectivity index (χ2v) is 2.65. The molecule has 0 heterocycles. The van der Waals surface area contributed by atoms with Crippen LogP contribution in [0, 0.1) is 5.92 Å². The van der Waals surface area contributed by atoms with E-state index in [4.69, 9.17) is 0 Å². The third-order valence-electron chi connectivity index (χ3n) is 1.16. The van der Waals surface area contributed by atoms with Gasteiger partial charge in [-0.15, -0.1) is 0 Å². The average molecular weight is 103 g/mol. The molecule has 2 atom stereocenters. The molecule has 0 bridgehead atoms. The molecular weight excluding hydrogens is 96.1 g/mol. The van der Waals surface area contributed by atoms with E-state index >= 15 is 0 Å². The largest absolute Gasteiger partial charge is 0.462 e. The lowest BCUT2D eigenvalue weighted by Gasteiger charge is -1.53. The number of rotatable bonds is 1. The zero-order valence-corrected chi connectivity index (χ0v) is 4.49. The minimum absolute atomic E-state index is 0.463. The number of hydrogen-bond donors (Lipinski definition) is 0. The molecule has 1 rings (SSSR count). The Hall–Kier alpha value is 0.0200. The fraction of sp³-hybridized carbons (Fsp3) is 1.00. The summed E-state index contributed by atoms with van der Waals surface area (Å²) in [7, 11) is 0. The van der Waals surface area contributed by atoms with Crippen molar-refractivity contribution in [1.29, 1.82) is 0 Å². The Morgan fingerprint density at radius 1 is 1.83 bits per heavy atom. The molecule has 0 aromatic rings. The molecule has 1 aliphatic carbocycles. The fourth-order valence-corrected chi connectivity index (χ4v) is 0.994. The van der Waals surface area contributed by atoms with Crippen molar-refractivity contribution in [1.82, 2.24) is 0 Å². The molecule has 0 aromatic heterocycles. The van der Waals surface area contributed by atoms with Crippen LogP contribution in [0.2, 0.25) is 0 Å². The van der Waals surface area contributed by atoms with Gasteiger partial charge in [-0.05, 0) is 0 Å². The Morgan fingerprint density at radius 3 is 2.33 bits per heavy atom. The van der Waals surface area contributed by atoms with Gasteiger partial charge in [-0.1, -0.05) is 6.92 Å². The maximum Gasteiger partial charge on any atom is 0.462 e. The Balaban J connectivity index is 2.25. The summed E-state index contributed by atoms with van der Waals surface area (Å²) in [6.45, 7) is 2.11. The van der Waals surface area contributed by atoms with E-state index in [9.17, 15) is 4.21 Å². The van der Waals surface area contributed by atoms with Crippen molar-refractivity contribution in [2.24, 2.45) is 5.92 Å². The van der Waals surface area contributed by atoms with Gasteiger partial charge < -0.3 is 0 Å². The van der Waals surface area contributed by atoms with E-state index in [2.05, 4.69) is 6.92 Å². The van der Waals surface area contributed by atoms with Crippen LogP contribution >= 0.6 is 0 Å². The summed E-state index contributed by atoms with van der Waals surface area (Å²) in [5.41, 5.74) is 0. The van der Waals surface area contributed by atoms with Crippen LogP contribution in [0.4, 0.5) is 0 Å². The van der Waals surface area contributed by atoms with E-state index in [1.54, 1.807) is 0 Å². The third kappa shape index (κ3) is 0.570. The molecule has 1 saturated carbocycles. The molecule has 0 aliphatic heterocycles. The number of hydrogen-bond acceptors (Lipinski definition) is 1. The van der Waals surface area contributed by atoms with E-state index < -0.39 is 0 Å². The lowest BCUT2D eigenvalue weighted by molar-refractivity contribution is 0.603. The van der Waals surface area contributed by atoms with E-state index in [0.29, 0.717) is 11.2 Å². The van der Waals surface area contributed by atoms with Crippen molar-refractivity contribution in [3.63, 3.8) is 0 Å². The van der Waals surface area contributed by atoms with Crippen molar-refractivity contribution >= 4 is 11.7 Å². The van der Waals surface area contributed by atoms with Gasteiger partial charge >= 0.3 is 11.7 Å². The fourth-order valence-electron chi connectivity index (χ4n) is 0.422. The van der Waals surface area contributed by atoms with Crippen LogP contribution in [-0.2, 0) is 15.9 Å². The molecule has 0 aromatic carbocycles. The summed E-state index contributed by atoms with van der Waals surface area (Å²) in [4.78, 5) is 0. The van der Waals surface area contributed by atoms with Gasteiger partial charge in [0, 0.05) is 16.5 Å². The van der Waals surface area contributed by atoms with Crippen LogP contribution in [-0.4, -0.2) is 5.25 Å². The van der Waals surface area contributed by atoms with Crippen LogP contribution < -0.4 is 0 Å². The molecule has 0 spiro atoms. The summed E-state index contributed by atoms with van der Waals surface area (Å²) in [6, 6.07) is 0. The molecule has 1 aliphatic rings. The first-order valence-corrected chi connectivity index (χ1v) is 2.93. The monoisotopic (exact) mass is 103 g/mol. The highest BCUT2D eigenvalue weighted by Crippen LogP contribution is 2.30. The third-order valence-corrected chi connectivity index (χ3v) is 2.06. The second kappa shape index (κ2) is 1.26. The van der Waals surface area contributed by atoms with Gasteiger partial charge in [-0.2, -0.15) is 0 Å². The maximum absolute atomic E-state index is 9.82. The Morgan fingerprint density at radius 2 is 2.33 bits per heavy atom. The summed E-state index contributed by atoms with van der Waals surface area (Å²) in [5.74, 6) is 0.715. The highest BCUT2D eigenvalue weighted by molar-refractivity contribution is 7.66. The van der Waals surface area contributed by atoms with Crippen LogP contribution in [0.5, 0.6) is 0 Å². The van der Waals surface area contributed by atoms with Gasteiger partial charge in [0.15, 0.2) is 0 Å². The molecule has 34 valence electrons. The molecule has 0 radical (unpaired) electrons. The molecular formula is C4H7OS+. The van der Waals surface area contributed by atoms with Crippen LogP contribution in [0.1, 0.15) is 13.3 Å². The first-order chi connectivity index (χ1) is 2.84. The summed E-state index contributed by atoms with van der Waals surface area (Å²) in [5, 5.41) is 0.463. The van der Waals surface area contributed by atoms with E-state index in [1.807, 2.05) is 0 Å². The van der Waals surface area contributed by atoms with Crippen molar-refractivity contribution in [2.45, 2.75) is 18.6 Å². The summed E-state index contributed by atoms with van der Waals surface area (Å²) in [6.07, 6.45) is 1.15. The highest BCUT2D eigenvalue weighted by Gasteiger charge is 2.45. The second-order valence-electron chi connectivity index (χ2n) is 1.85. The van der Waals surface area contributed by atoms with Crippen molar-refractivity contribution < 1.29 is 4.21 Å². The molecule has 1 nitrogen and oxygen atoms in total. The summed E-state index contributed by atoms with van der Waals surface area (Å²) < 4.78 is 9.82. The van der Waals surface area contributed by atoms with Gasteiger partial charge in [0.25, 0.3) is 0 Å². The zero-order chi connectivity index (χ0) is 4.57. The average Bonchev–Trinajstić information content (AvgIpc) is 2.19. The molecule has 0 N–H and O–H groups in total. The van der Waals surface area contributed by atoms with Gasteiger partial charge in [0.1, 0.15) is 0 Å². The molecule has 0 saturated heterocycles. The van der Waals surface area contributed by atoms with Gasteiger partial charge in [-0.25, -0.2) is 0 Å². The first-order valence-electron chi connectivity index (χ1n) is 2.13. The van der Waals surface area contributed by atoms with Gasteiger partial charge in [-0.3, -0.25) is 0 Å². The van der Waals surface area contributed by atoms with E-state index in [0.717, 1.165) is 18.1 Å². The van der Waals surface area contributed by atoms with E-state index in [-0.39, 0.29) is 0 Å². The molecule has 2 unspecified atom stereocenters. The van der Waals surface area contributed by atoms with E-state index in [1.165, 1.54) is 0 Å². The molecule has 1 fully saturated rings. The normalized spacial score (nSPS) is 42.2.